The molecule has 1 aromatic rings. The molecule has 1 saturated carbocycles. The molecular formula is C18H28ClN3O2. The summed E-state index contributed by atoms with van der Waals surface area (Å²) < 4.78 is 11.0. The first kappa shape index (κ1) is 18.9. The number of aliphatic imine (C=N–C) groups is 1. The van der Waals surface area contributed by atoms with Gasteiger partial charge >= 0.3 is 0 Å². The lowest BCUT2D eigenvalue weighted by molar-refractivity contribution is 0.0178. The van der Waals surface area contributed by atoms with Gasteiger partial charge in [0.05, 0.1) is 18.2 Å². The van der Waals surface area contributed by atoms with Crippen LogP contribution in [-0.4, -0.2) is 32.3 Å². The van der Waals surface area contributed by atoms with Gasteiger partial charge in [0.15, 0.2) is 5.96 Å². The summed E-state index contributed by atoms with van der Waals surface area (Å²) in [6.07, 6.45) is 6.38. The number of ether oxygens (including phenoxy) is 2. The highest BCUT2D eigenvalue weighted by Crippen LogP contribution is 2.31. The Labute approximate surface area is 149 Å². The molecule has 134 valence electrons. The Morgan fingerprint density at radius 3 is 2.79 bits per heavy atom. The fourth-order valence-corrected chi connectivity index (χ4v) is 3.50. The van der Waals surface area contributed by atoms with Crippen LogP contribution in [0.4, 0.5) is 5.69 Å². The molecule has 0 spiro atoms. The van der Waals surface area contributed by atoms with Gasteiger partial charge in [-0.15, -0.1) is 0 Å². The summed E-state index contributed by atoms with van der Waals surface area (Å²) in [5.41, 5.74) is 6.75. The third kappa shape index (κ3) is 5.56. The van der Waals surface area contributed by atoms with Crippen molar-refractivity contribution in [3.63, 3.8) is 0 Å². The second-order valence-corrected chi connectivity index (χ2v) is 6.48. The third-order valence-electron chi connectivity index (χ3n) is 4.43. The Kier molecular flexibility index (Phi) is 7.66. The highest BCUT2D eigenvalue weighted by molar-refractivity contribution is 6.32. The number of methoxy groups -OCH3 is 1. The maximum Gasteiger partial charge on any atom is 0.193 e. The summed E-state index contributed by atoms with van der Waals surface area (Å²) in [6, 6.07) is 5.42. The average Bonchev–Trinajstić information content (AvgIpc) is 3.08. The average molecular weight is 354 g/mol. The molecule has 1 aliphatic rings. The normalized spacial score (nSPS) is 17.0. The molecule has 1 aliphatic carbocycles. The Balaban J connectivity index is 1.85. The fraction of sp³-hybridized carbons (Fsp3) is 0.611. The van der Waals surface area contributed by atoms with Crippen molar-refractivity contribution < 1.29 is 9.47 Å². The minimum Gasteiger partial charge on any atom is -0.495 e. The van der Waals surface area contributed by atoms with E-state index in [1.165, 1.54) is 25.7 Å². The summed E-state index contributed by atoms with van der Waals surface area (Å²) in [7, 11) is 1.59. The van der Waals surface area contributed by atoms with Crippen LogP contribution >= 0.6 is 11.6 Å². The second-order valence-electron chi connectivity index (χ2n) is 6.07. The van der Waals surface area contributed by atoms with Crippen molar-refractivity contribution in [3.05, 3.63) is 23.2 Å². The lowest BCUT2D eigenvalue weighted by Crippen LogP contribution is -2.26. The van der Waals surface area contributed by atoms with Crippen molar-refractivity contribution >= 4 is 23.2 Å². The first-order valence-electron chi connectivity index (χ1n) is 8.66. The fourth-order valence-electron chi connectivity index (χ4n) is 3.24. The zero-order valence-corrected chi connectivity index (χ0v) is 15.3. The quantitative estimate of drug-likeness (QED) is 0.546. The highest BCUT2D eigenvalue weighted by atomic mass is 35.5. The van der Waals surface area contributed by atoms with Crippen molar-refractivity contribution in [1.82, 2.24) is 0 Å². The number of benzene rings is 1. The van der Waals surface area contributed by atoms with E-state index < -0.39 is 0 Å². The van der Waals surface area contributed by atoms with Gasteiger partial charge in [0.2, 0.25) is 0 Å². The number of halogens is 1. The van der Waals surface area contributed by atoms with E-state index >= 15 is 0 Å². The standard InChI is InChI=1S/C18H28ClN3O2/c1-3-24-16(13-6-4-5-7-13)10-11-21-18(20)22-14-8-9-17(23-2)15(19)12-14/h8-9,12-13,16H,3-7,10-11H2,1-2H3,(H3,20,21,22). The predicted molar refractivity (Wildman–Crippen MR) is 100 cm³/mol. The van der Waals surface area contributed by atoms with E-state index in [2.05, 4.69) is 17.2 Å². The Hall–Kier alpha value is -1.46. The van der Waals surface area contributed by atoms with Crippen LogP contribution in [0, 0.1) is 5.92 Å². The molecule has 3 N–H and O–H groups in total. The van der Waals surface area contributed by atoms with Gasteiger partial charge in [0, 0.05) is 18.8 Å². The SMILES string of the molecule is CCOC(CCN=C(N)Nc1ccc(OC)c(Cl)c1)C1CCCC1. The summed E-state index contributed by atoms with van der Waals surface area (Å²) >= 11 is 6.10. The predicted octanol–water partition coefficient (Wildman–Crippen LogP) is 4.06. The van der Waals surface area contributed by atoms with E-state index in [0.29, 0.717) is 35.3 Å². The molecular weight excluding hydrogens is 326 g/mol. The molecule has 5 nitrogen and oxygen atoms in total. The molecule has 6 heteroatoms. The van der Waals surface area contributed by atoms with Crippen LogP contribution in [0.3, 0.4) is 0 Å². The van der Waals surface area contributed by atoms with Crippen LogP contribution in [0.25, 0.3) is 0 Å². The van der Waals surface area contributed by atoms with E-state index in [1.807, 2.05) is 6.07 Å². The summed E-state index contributed by atoms with van der Waals surface area (Å²) in [6.45, 7) is 3.46. The van der Waals surface area contributed by atoms with E-state index in [0.717, 1.165) is 18.7 Å². The summed E-state index contributed by atoms with van der Waals surface area (Å²) in [5, 5.41) is 3.59. The first-order valence-corrected chi connectivity index (χ1v) is 9.04. The molecule has 0 amide bonds. The minimum absolute atomic E-state index is 0.296. The number of nitrogens with one attached hydrogen (secondary N) is 1. The molecule has 0 aromatic heterocycles. The van der Waals surface area contributed by atoms with Crippen LogP contribution in [0.2, 0.25) is 5.02 Å². The molecule has 0 radical (unpaired) electrons. The van der Waals surface area contributed by atoms with Crippen molar-refractivity contribution in [3.8, 4) is 5.75 Å². The number of rotatable bonds is 8. The minimum atomic E-state index is 0.296. The number of nitrogens with two attached hydrogens (primary N) is 1. The molecule has 1 atom stereocenters. The molecule has 0 bridgehead atoms. The van der Waals surface area contributed by atoms with Gasteiger partial charge in [-0.3, -0.25) is 4.99 Å². The van der Waals surface area contributed by atoms with Gasteiger partial charge in [0.1, 0.15) is 5.75 Å². The molecule has 0 heterocycles. The van der Waals surface area contributed by atoms with Gasteiger partial charge in [-0.1, -0.05) is 24.4 Å². The number of anilines is 1. The van der Waals surface area contributed by atoms with E-state index in [4.69, 9.17) is 26.8 Å². The maximum atomic E-state index is 6.10. The number of hydrogen-bond donors (Lipinski definition) is 2. The Bertz CT molecular complexity index is 545. The number of guanidine groups is 1. The number of hydrogen-bond acceptors (Lipinski definition) is 3. The molecule has 0 aliphatic heterocycles. The van der Waals surface area contributed by atoms with Crippen molar-refractivity contribution in [2.45, 2.75) is 45.1 Å². The Morgan fingerprint density at radius 2 is 2.17 bits per heavy atom. The molecule has 1 aromatic carbocycles. The monoisotopic (exact) mass is 353 g/mol. The first-order chi connectivity index (χ1) is 11.6. The van der Waals surface area contributed by atoms with E-state index in [1.54, 1.807) is 19.2 Å². The molecule has 1 fully saturated rings. The topological polar surface area (TPSA) is 68.9 Å². The summed E-state index contributed by atoms with van der Waals surface area (Å²) in [4.78, 5) is 4.41. The van der Waals surface area contributed by atoms with Crippen LogP contribution in [0.15, 0.2) is 23.2 Å². The van der Waals surface area contributed by atoms with Crippen LogP contribution in [-0.2, 0) is 4.74 Å². The van der Waals surface area contributed by atoms with Crippen molar-refractivity contribution in [1.29, 1.82) is 0 Å². The zero-order valence-electron chi connectivity index (χ0n) is 14.6. The lowest BCUT2D eigenvalue weighted by atomic mass is 9.98. The largest absolute Gasteiger partial charge is 0.495 e. The third-order valence-corrected chi connectivity index (χ3v) is 4.72. The summed E-state index contributed by atoms with van der Waals surface area (Å²) in [5.74, 6) is 1.70. The molecule has 1 unspecified atom stereocenters. The van der Waals surface area contributed by atoms with Gasteiger partial charge in [0.25, 0.3) is 0 Å². The van der Waals surface area contributed by atoms with Gasteiger partial charge in [-0.25, -0.2) is 0 Å². The van der Waals surface area contributed by atoms with Crippen LogP contribution < -0.4 is 15.8 Å². The smallest absolute Gasteiger partial charge is 0.193 e. The zero-order chi connectivity index (χ0) is 17.4. The maximum absolute atomic E-state index is 6.10. The van der Waals surface area contributed by atoms with Gasteiger partial charge in [-0.05, 0) is 50.3 Å². The molecule has 2 rings (SSSR count). The van der Waals surface area contributed by atoms with Crippen molar-refractivity contribution in [2.24, 2.45) is 16.6 Å². The molecule has 24 heavy (non-hydrogen) atoms. The Morgan fingerprint density at radius 1 is 1.42 bits per heavy atom. The van der Waals surface area contributed by atoms with E-state index in [-0.39, 0.29) is 0 Å². The van der Waals surface area contributed by atoms with Crippen LogP contribution in [0.1, 0.15) is 39.0 Å². The lowest BCUT2D eigenvalue weighted by Gasteiger charge is -2.22. The van der Waals surface area contributed by atoms with Crippen LogP contribution in [0.5, 0.6) is 5.75 Å². The highest BCUT2D eigenvalue weighted by Gasteiger charge is 2.24. The number of nitrogens with zero attached hydrogens (tertiary/aromatic N) is 1. The van der Waals surface area contributed by atoms with Crippen molar-refractivity contribution in [2.75, 3.05) is 25.6 Å². The van der Waals surface area contributed by atoms with Gasteiger partial charge in [-0.2, -0.15) is 0 Å². The van der Waals surface area contributed by atoms with E-state index in [9.17, 15) is 0 Å². The molecule has 0 saturated heterocycles. The van der Waals surface area contributed by atoms with Gasteiger partial charge < -0.3 is 20.5 Å². The second kappa shape index (κ2) is 9.74.